The zero-order chi connectivity index (χ0) is 21.5. The molecule has 2 heterocycles. The zero-order valence-corrected chi connectivity index (χ0v) is 16.9. The predicted molar refractivity (Wildman–Crippen MR) is 109 cm³/mol. The van der Waals surface area contributed by atoms with Crippen molar-refractivity contribution in [1.82, 2.24) is 9.97 Å². The number of rotatable bonds is 8. The summed E-state index contributed by atoms with van der Waals surface area (Å²) in [5, 5.41) is 0.185. The molecule has 0 N–H and O–H groups in total. The Hall–Kier alpha value is -3.32. The van der Waals surface area contributed by atoms with Crippen LogP contribution in [-0.4, -0.2) is 28.3 Å². The minimum absolute atomic E-state index is 0.0371. The summed E-state index contributed by atoms with van der Waals surface area (Å²) in [6.45, 7) is 1.92. The van der Waals surface area contributed by atoms with Gasteiger partial charge in [-0.1, -0.05) is 23.7 Å². The summed E-state index contributed by atoms with van der Waals surface area (Å²) in [5.41, 5.74) is 2.24. The predicted octanol–water partition coefficient (Wildman–Crippen LogP) is 4.79. The van der Waals surface area contributed by atoms with Gasteiger partial charge in [-0.2, -0.15) is 0 Å². The van der Waals surface area contributed by atoms with Gasteiger partial charge in [0.15, 0.2) is 5.82 Å². The minimum atomic E-state index is -0.655. The smallest absolute Gasteiger partial charge is 0.313 e. The van der Waals surface area contributed by atoms with Crippen molar-refractivity contribution in [1.29, 1.82) is 0 Å². The number of ketones is 1. The van der Waals surface area contributed by atoms with Gasteiger partial charge in [0, 0.05) is 24.5 Å². The fraction of sp³-hybridized carbons (Fsp3) is 0.182. The maximum Gasteiger partial charge on any atom is 0.313 e. The highest BCUT2D eigenvalue weighted by molar-refractivity contribution is 6.30. The number of carbonyl (C=O) groups is 2. The van der Waals surface area contributed by atoms with E-state index in [-0.39, 0.29) is 36.1 Å². The lowest BCUT2D eigenvalue weighted by atomic mass is 10.0. The summed E-state index contributed by atoms with van der Waals surface area (Å²) in [6.07, 6.45) is 2.66. The Kier molecular flexibility index (Phi) is 7.08. The van der Waals surface area contributed by atoms with Crippen molar-refractivity contribution < 1.29 is 23.5 Å². The zero-order valence-electron chi connectivity index (χ0n) is 16.1. The normalized spacial score (nSPS) is 10.5. The highest BCUT2D eigenvalue weighted by Crippen LogP contribution is 2.27. The Morgan fingerprint density at radius 1 is 1.07 bits per heavy atom. The summed E-state index contributed by atoms with van der Waals surface area (Å²) < 4.78 is 24.0. The topological polar surface area (TPSA) is 78.4 Å². The van der Waals surface area contributed by atoms with Gasteiger partial charge in [-0.05, 0) is 48.4 Å². The molecule has 0 aliphatic rings. The summed E-state index contributed by atoms with van der Waals surface area (Å²) in [5.74, 6) is -1.22. The summed E-state index contributed by atoms with van der Waals surface area (Å²) >= 11 is 5.68. The Balaban J connectivity index is 1.68. The van der Waals surface area contributed by atoms with E-state index in [1.807, 2.05) is 0 Å². The quantitative estimate of drug-likeness (QED) is 0.379. The molecule has 0 fully saturated rings. The molecule has 0 spiro atoms. The number of hydrogen-bond acceptors (Lipinski definition) is 6. The fourth-order valence-electron chi connectivity index (χ4n) is 2.70. The van der Waals surface area contributed by atoms with Crippen molar-refractivity contribution in [2.75, 3.05) is 6.61 Å². The van der Waals surface area contributed by atoms with E-state index in [0.29, 0.717) is 11.4 Å². The van der Waals surface area contributed by atoms with Crippen LogP contribution in [0.5, 0.6) is 11.6 Å². The van der Waals surface area contributed by atoms with Crippen LogP contribution in [0.2, 0.25) is 5.02 Å². The van der Waals surface area contributed by atoms with E-state index in [1.165, 1.54) is 6.20 Å². The molecular formula is C22H18ClFN2O4. The molecule has 1 aromatic carbocycles. The molecule has 0 saturated carbocycles. The van der Waals surface area contributed by atoms with E-state index in [9.17, 15) is 14.0 Å². The first-order valence-corrected chi connectivity index (χ1v) is 9.54. The van der Waals surface area contributed by atoms with Gasteiger partial charge in [0.25, 0.3) is 5.88 Å². The molecule has 154 valence electrons. The van der Waals surface area contributed by atoms with Crippen molar-refractivity contribution in [3.05, 3.63) is 71.4 Å². The number of halogens is 2. The molecule has 0 unspecified atom stereocenters. The van der Waals surface area contributed by atoms with Gasteiger partial charge in [0.2, 0.25) is 0 Å². The van der Waals surface area contributed by atoms with Crippen LogP contribution < -0.4 is 4.74 Å². The first kappa shape index (κ1) is 21.4. The van der Waals surface area contributed by atoms with Crippen LogP contribution in [0.3, 0.4) is 0 Å². The third kappa shape index (κ3) is 5.84. The SMILES string of the molecule is CCOC(=O)CC(=O)Cc1cc(-c2ccc(Oc3ncc(Cl)cc3F)cc2)ccn1. The summed E-state index contributed by atoms with van der Waals surface area (Å²) in [7, 11) is 0. The van der Waals surface area contributed by atoms with Gasteiger partial charge in [-0.25, -0.2) is 9.37 Å². The van der Waals surface area contributed by atoms with Gasteiger partial charge < -0.3 is 9.47 Å². The Bertz CT molecular complexity index is 1060. The van der Waals surface area contributed by atoms with Crippen molar-refractivity contribution in [3.63, 3.8) is 0 Å². The van der Waals surface area contributed by atoms with Crippen molar-refractivity contribution in [2.24, 2.45) is 0 Å². The molecule has 3 aromatic rings. The average molecular weight is 429 g/mol. The van der Waals surface area contributed by atoms with Gasteiger partial charge in [0.05, 0.1) is 11.6 Å². The largest absolute Gasteiger partial charge is 0.466 e. The third-order valence-electron chi connectivity index (χ3n) is 4.02. The third-order valence-corrected chi connectivity index (χ3v) is 4.22. The fourth-order valence-corrected chi connectivity index (χ4v) is 2.84. The first-order chi connectivity index (χ1) is 14.4. The van der Waals surface area contributed by atoms with Crippen LogP contribution in [0.1, 0.15) is 19.0 Å². The molecule has 0 atom stereocenters. The number of benzene rings is 1. The van der Waals surface area contributed by atoms with Crippen molar-refractivity contribution in [2.45, 2.75) is 19.8 Å². The Morgan fingerprint density at radius 2 is 1.83 bits per heavy atom. The maximum absolute atomic E-state index is 13.8. The second-order valence-electron chi connectivity index (χ2n) is 6.30. The lowest BCUT2D eigenvalue weighted by Crippen LogP contribution is -2.13. The lowest BCUT2D eigenvalue weighted by molar-refractivity contribution is -0.145. The second-order valence-corrected chi connectivity index (χ2v) is 6.74. The number of aromatic nitrogens is 2. The molecule has 0 aliphatic carbocycles. The molecule has 3 rings (SSSR count). The summed E-state index contributed by atoms with van der Waals surface area (Å²) in [4.78, 5) is 31.4. The summed E-state index contributed by atoms with van der Waals surface area (Å²) in [6, 6.07) is 11.6. The van der Waals surface area contributed by atoms with Crippen LogP contribution in [0, 0.1) is 5.82 Å². The van der Waals surface area contributed by atoms with Crippen molar-refractivity contribution in [3.8, 4) is 22.8 Å². The number of nitrogens with zero attached hydrogens (tertiary/aromatic N) is 2. The van der Waals surface area contributed by atoms with Crippen LogP contribution in [0.25, 0.3) is 11.1 Å². The van der Waals surface area contributed by atoms with Gasteiger partial charge >= 0.3 is 5.97 Å². The number of esters is 1. The monoisotopic (exact) mass is 428 g/mol. The molecule has 0 amide bonds. The molecule has 30 heavy (non-hydrogen) atoms. The van der Waals surface area contributed by atoms with E-state index < -0.39 is 11.8 Å². The highest BCUT2D eigenvalue weighted by atomic mass is 35.5. The molecule has 2 aromatic heterocycles. The van der Waals surface area contributed by atoms with Crippen LogP contribution in [-0.2, 0) is 20.7 Å². The first-order valence-electron chi connectivity index (χ1n) is 9.16. The van der Waals surface area contributed by atoms with E-state index >= 15 is 0 Å². The van der Waals surface area contributed by atoms with Crippen LogP contribution in [0.15, 0.2) is 54.9 Å². The molecule has 0 saturated heterocycles. The lowest BCUT2D eigenvalue weighted by Gasteiger charge is -2.08. The standard InChI is InChI=1S/C22H18ClFN2O4/c1-2-29-21(28)12-18(27)11-17-9-15(7-8-25-17)14-3-5-19(6-4-14)30-22-20(24)10-16(23)13-26-22/h3-10,13H,2,11-12H2,1H3. The molecule has 0 bridgehead atoms. The number of Topliss-reactive ketones (excluding diaryl/α,β-unsaturated/α-hetero) is 1. The maximum atomic E-state index is 13.8. The van der Waals surface area contributed by atoms with Gasteiger partial charge in [-0.3, -0.25) is 14.6 Å². The van der Waals surface area contributed by atoms with Gasteiger partial charge in [-0.15, -0.1) is 0 Å². The van der Waals surface area contributed by atoms with E-state index in [1.54, 1.807) is 49.5 Å². The number of pyridine rings is 2. The van der Waals surface area contributed by atoms with E-state index in [2.05, 4.69) is 9.97 Å². The van der Waals surface area contributed by atoms with E-state index in [4.69, 9.17) is 21.1 Å². The average Bonchev–Trinajstić information content (AvgIpc) is 2.71. The number of ether oxygens (including phenoxy) is 2. The Morgan fingerprint density at radius 3 is 2.53 bits per heavy atom. The molecule has 6 nitrogen and oxygen atoms in total. The number of carbonyl (C=O) groups excluding carboxylic acids is 2. The van der Waals surface area contributed by atoms with Crippen LogP contribution >= 0.6 is 11.6 Å². The Labute approximate surface area is 177 Å². The minimum Gasteiger partial charge on any atom is -0.466 e. The molecule has 0 radical (unpaired) electrons. The molecular weight excluding hydrogens is 411 g/mol. The van der Waals surface area contributed by atoms with Gasteiger partial charge in [0.1, 0.15) is 18.0 Å². The van der Waals surface area contributed by atoms with E-state index in [0.717, 1.165) is 17.2 Å². The van der Waals surface area contributed by atoms with Crippen LogP contribution in [0.4, 0.5) is 4.39 Å². The molecule has 0 aliphatic heterocycles. The van der Waals surface area contributed by atoms with Crippen molar-refractivity contribution >= 4 is 23.4 Å². The number of hydrogen-bond donors (Lipinski definition) is 0. The highest BCUT2D eigenvalue weighted by Gasteiger charge is 2.13. The molecule has 8 heteroatoms. The second kappa shape index (κ2) is 9.93.